The number of carbonyl (C=O) groups excluding carboxylic acids is 1. The van der Waals surface area contributed by atoms with E-state index in [0.717, 1.165) is 19.3 Å². The highest BCUT2D eigenvalue weighted by Gasteiger charge is 2.14. The van der Waals surface area contributed by atoms with Gasteiger partial charge in [0.05, 0.1) is 7.11 Å². The lowest BCUT2D eigenvalue weighted by atomic mass is 10.1. The van der Waals surface area contributed by atoms with Crippen molar-refractivity contribution in [2.24, 2.45) is 0 Å². The summed E-state index contributed by atoms with van der Waals surface area (Å²) in [6.45, 7) is 2.15. The van der Waals surface area contributed by atoms with Crippen LogP contribution in [0.15, 0.2) is 57.7 Å². The summed E-state index contributed by atoms with van der Waals surface area (Å²) in [4.78, 5) is 24.6. The van der Waals surface area contributed by atoms with Crippen LogP contribution in [0.1, 0.15) is 35.7 Å². The fourth-order valence-corrected chi connectivity index (χ4v) is 2.71. The molecule has 0 atom stereocenters. The Kier molecular flexibility index (Phi) is 5.37. The normalized spacial score (nSPS) is 10.7. The van der Waals surface area contributed by atoms with Gasteiger partial charge in [-0.25, -0.2) is 4.79 Å². The van der Waals surface area contributed by atoms with Gasteiger partial charge in [0.25, 0.3) is 5.91 Å². The largest absolute Gasteiger partial charge is 0.497 e. The topological polar surface area (TPSA) is 68.5 Å². The van der Waals surface area contributed by atoms with Gasteiger partial charge in [-0.1, -0.05) is 25.5 Å². The van der Waals surface area contributed by atoms with E-state index in [4.69, 9.17) is 9.15 Å². The van der Waals surface area contributed by atoms with Crippen LogP contribution in [-0.4, -0.2) is 13.0 Å². The third-order valence-electron chi connectivity index (χ3n) is 4.22. The molecule has 1 N–H and O–H groups in total. The maximum atomic E-state index is 12.5. The molecule has 1 amide bonds. The van der Waals surface area contributed by atoms with E-state index < -0.39 is 11.5 Å². The Balaban J connectivity index is 1.81. The monoisotopic (exact) mass is 351 g/mol. The predicted molar refractivity (Wildman–Crippen MR) is 102 cm³/mol. The molecule has 1 aromatic heterocycles. The van der Waals surface area contributed by atoms with E-state index >= 15 is 0 Å². The van der Waals surface area contributed by atoms with E-state index in [-0.39, 0.29) is 5.56 Å². The highest BCUT2D eigenvalue weighted by Crippen LogP contribution is 2.20. The molecule has 0 aliphatic heterocycles. The van der Waals surface area contributed by atoms with Gasteiger partial charge in [-0.15, -0.1) is 0 Å². The predicted octanol–water partition coefficient (Wildman–Crippen LogP) is 4.40. The highest BCUT2D eigenvalue weighted by molar-refractivity contribution is 6.05. The minimum absolute atomic E-state index is 0.0299. The summed E-state index contributed by atoms with van der Waals surface area (Å²) in [6.07, 6.45) is 3.29. The average molecular weight is 351 g/mol. The lowest BCUT2D eigenvalue weighted by Crippen LogP contribution is -2.20. The lowest BCUT2D eigenvalue weighted by Gasteiger charge is -2.07. The van der Waals surface area contributed by atoms with Gasteiger partial charge in [-0.2, -0.15) is 0 Å². The Bertz CT molecular complexity index is 973. The zero-order chi connectivity index (χ0) is 18.5. The fourth-order valence-electron chi connectivity index (χ4n) is 2.71. The van der Waals surface area contributed by atoms with Crippen LogP contribution in [0.25, 0.3) is 11.0 Å². The molecule has 1 heterocycles. The minimum Gasteiger partial charge on any atom is -0.497 e. The molecule has 5 nitrogen and oxygen atoms in total. The quantitative estimate of drug-likeness (QED) is 0.669. The van der Waals surface area contributed by atoms with Gasteiger partial charge in [0, 0.05) is 17.1 Å². The van der Waals surface area contributed by atoms with Gasteiger partial charge in [0.2, 0.25) is 0 Å². The number of benzene rings is 2. The van der Waals surface area contributed by atoms with E-state index in [0.29, 0.717) is 22.4 Å². The first kappa shape index (κ1) is 17.7. The van der Waals surface area contributed by atoms with E-state index in [2.05, 4.69) is 12.2 Å². The number of nitrogens with one attached hydrogen (secondary N) is 1. The lowest BCUT2D eigenvalue weighted by molar-refractivity contribution is 0.102. The van der Waals surface area contributed by atoms with Crippen LogP contribution >= 0.6 is 0 Å². The van der Waals surface area contributed by atoms with Crippen molar-refractivity contribution in [2.75, 3.05) is 12.4 Å². The fraction of sp³-hybridized carbons (Fsp3) is 0.238. The maximum absolute atomic E-state index is 12.5. The number of hydrogen-bond acceptors (Lipinski definition) is 4. The maximum Gasteiger partial charge on any atom is 0.349 e. The molecule has 0 unspecified atom stereocenters. The molecule has 0 radical (unpaired) electrons. The van der Waals surface area contributed by atoms with Crippen molar-refractivity contribution < 1.29 is 13.9 Å². The zero-order valence-electron chi connectivity index (χ0n) is 14.9. The Hall–Kier alpha value is -3.08. The minimum atomic E-state index is -0.678. The standard InChI is InChI=1S/C21H21NO4/c1-3-4-5-14-6-9-16(10-7-14)22-20(23)18-12-15-8-11-17(25-2)13-19(15)26-21(18)24/h6-13H,3-5H2,1-2H3,(H,22,23). The number of amides is 1. The van der Waals surface area contributed by atoms with E-state index in [1.807, 2.05) is 24.3 Å². The van der Waals surface area contributed by atoms with Gasteiger partial charge >= 0.3 is 5.63 Å². The molecule has 0 aliphatic carbocycles. The summed E-state index contributed by atoms with van der Waals surface area (Å²) in [7, 11) is 1.54. The molecule has 0 fully saturated rings. The first-order chi connectivity index (χ1) is 12.6. The van der Waals surface area contributed by atoms with E-state index in [1.54, 1.807) is 18.2 Å². The molecule has 0 bridgehead atoms. The summed E-state index contributed by atoms with van der Waals surface area (Å²) < 4.78 is 10.4. The third kappa shape index (κ3) is 3.94. The van der Waals surface area contributed by atoms with Crippen molar-refractivity contribution >= 4 is 22.6 Å². The second-order valence-electron chi connectivity index (χ2n) is 6.11. The Labute approximate surface area is 151 Å². The molecule has 0 spiro atoms. The molecule has 0 saturated carbocycles. The Morgan fingerprint density at radius 3 is 2.58 bits per heavy atom. The third-order valence-corrected chi connectivity index (χ3v) is 4.22. The second kappa shape index (κ2) is 7.87. The summed E-state index contributed by atoms with van der Waals surface area (Å²) in [5, 5.41) is 3.40. The smallest absolute Gasteiger partial charge is 0.349 e. The van der Waals surface area contributed by atoms with Gasteiger partial charge < -0.3 is 14.5 Å². The molecule has 134 valence electrons. The number of rotatable bonds is 6. The van der Waals surface area contributed by atoms with Crippen LogP contribution in [0.4, 0.5) is 5.69 Å². The number of methoxy groups -OCH3 is 1. The first-order valence-electron chi connectivity index (χ1n) is 8.63. The number of anilines is 1. The summed E-state index contributed by atoms with van der Waals surface area (Å²) in [5.41, 5.74) is 1.54. The van der Waals surface area contributed by atoms with Crippen LogP contribution in [0.2, 0.25) is 0 Å². The van der Waals surface area contributed by atoms with Crippen molar-refractivity contribution in [3.8, 4) is 5.75 Å². The van der Waals surface area contributed by atoms with E-state index in [1.165, 1.54) is 18.7 Å². The van der Waals surface area contributed by atoms with Gasteiger partial charge in [-0.3, -0.25) is 4.79 Å². The van der Waals surface area contributed by atoms with Crippen molar-refractivity contribution in [1.82, 2.24) is 0 Å². The van der Waals surface area contributed by atoms with Crippen molar-refractivity contribution in [2.45, 2.75) is 26.2 Å². The first-order valence-corrected chi connectivity index (χ1v) is 8.63. The number of ether oxygens (including phenoxy) is 1. The van der Waals surface area contributed by atoms with Crippen LogP contribution in [0.5, 0.6) is 5.75 Å². The zero-order valence-corrected chi connectivity index (χ0v) is 14.9. The number of hydrogen-bond donors (Lipinski definition) is 1. The molecular formula is C21H21NO4. The Morgan fingerprint density at radius 2 is 1.88 bits per heavy atom. The van der Waals surface area contributed by atoms with Gasteiger partial charge in [0.15, 0.2) is 0 Å². The van der Waals surface area contributed by atoms with Crippen molar-refractivity contribution in [3.05, 3.63) is 70.1 Å². The summed E-state index contributed by atoms with van der Waals surface area (Å²) >= 11 is 0. The second-order valence-corrected chi connectivity index (χ2v) is 6.11. The van der Waals surface area contributed by atoms with Crippen LogP contribution < -0.4 is 15.7 Å². The molecule has 26 heavy (non-hydrogen) atoms. The number of aryl methyl sites for hydroxylation is 1. The number of fused-ring (bicyclic) bond motifs is 1. The van der Waals surface area contributed by atoms with Crippen molar-refractivity contribution in [3.63, 3.8) is 0 Å². The number of unbranched alkanes of at least 4 members (excludes halogenated alkanes) is 1. The number of carbonyl (C=O) groups is 1. The van der Waals surface area contributed by atoms with Crippen LogP contribution in [0.3, 0.4) is 0 Å². The van der Waals surface area contributed by atoms with Crippen LogP contribution in [-0.2, 0) is 6.42 Å². The molecule has 5 heteroatoms. The molecule has 0 saturated heterocycles. The SMILES string of the molecule is CCCCc1ccc(NC(=O)c2cc3ccc(OC)cc3oc2=O)cc1. The van der Waals surface area contributed by atoms with Gasteiger partial charge in [0.1, 0.15) is 16.9 Å². The van der Waals surface area contributed by atoms with Crippen LogP contribution in [0, 0.1) is 0 Å². The Morgan fingerprint density at radius 1 is 1.12 bits per heavy atom. The molecule has 3 aromatic rings. The molecule has 0 aliphatic rings. The summed E-state index contributed by atoms with van der Waals surface area (Å²) in [6, 6.07) is 14.3. The molecular weight excluding hydrogens is 330 g/mol. The van der Waals surface area contributed by atoms with Gasteiger partial charge in [-0.05, 0) is 48.7 Å². The van der Waals surface area contributed by atoms with Crippen molar-refractivity contribution in [1.29, 1.82) is 0 Å². The molecule has 3 rings (SSSR count). The highest BCUT2D eigenvalue weighted by atomic mass is 16.5. The molecule has 2 aromatic carbocycles. The summed E-state index contributed by atoms with van der Waals surface area (Å²) in [5.74, 6) is 0.0961. The van der Waals surface area contributed by atoms with E-state index in [9.17, 15) is 9.59 Å². The average Bonchev–Trinajstić information content (AvgIpc) is 2.66.